The number of hydrogen-bond donors (Lipinski definition) is 0. The molecule has 1 heterocycles. The molecule has 0 radical (unpaired) electrons. The molecule has 0 saturated carbocycles. The molecular formula is C23H27NOS. The highest BCUT2D eigenvalue weighted by molar-refractivity contribution is 7.99. The summed E-state index contributed by atoms with van der Waals surface area (Å²) in [4.78, 5) is 17.2. The van der Waals surface area contributed by atoms with Crippen LogP contribution in [-0.2, 0) is 0 Å². The molecule has 2 nitrogen and oxygen atoms in total. The summed E-state index contributed by atoms with van der Waals surface area (Å²) in [6.07, 6.45) is 5.97. The van der Waals surface area contributed by atoms with E-state index in [9.17, 15) is 4.79 Å². The van der Waals surface area contributed by atoms with Crippen molar-refractivity contribution in [2.75, 3.05) is 20.6 Å². The van der Waals surface area contributed by atoms with Crippen LogP contribution in [0.4, 0.5) is 0 Å². The Morgan fingerprint density at radius 2 is 1.85 bits per heavy atom. The molecule has 0 bridgehead atoms. The molecule has 0 saturated heterocycles. The quantitative estimate of drug-likeness (QED) is 0.486. The third-order valence-electron chi connectivity index (χ3n) is 4.67. The summed E-state index contributed by atoms with van der Waals surface area (Å²) in [5, 5.41) is 0. The molecule has 0 aliphatic carbocycles. The van der Waals surface area contributed by atoms with Gasteiger partial charge < -0.3 is 4.90 Å². The van der Waals surface area contributed by atoms with Gasteiger partial charge in [0.15, 0.2) is 5.78 Å². The second-order valence-electron chi connectivity index (χ2n) is 7.05. The van der Waals surface area contributed by atoms with Crippen LogP contribution >= 0.6 is 11.8 Å². The number of carbonyl (C=O) groups excluding carboxylic acids is 1. The summed E-state index contributed by atoms with van der Waals surface area (Å²) in [6, 6.07) is 14.8. The predicted octanol–water partition coefficient (Wildman–Crippen LogP) is 5.91. The minimum Gasteiger partial charge on any atom is -0.309 e. The number of hydrogen-bond acceptors (Lipinski definition) is 3. The maximum atomic E-state index is 12.5. The second kappa shape index (κ2) is 8.70. The van der Waals surface area contributed by atoms with Crippen LogP contribution in [-0.4, -0.2) is 31.3 Å². The normalized spacial score (nSPS) is 14.4. The summed E-state index contributed by atoms with van der Waals surface area (Å²) < 4.78 is 0. The zero-order valence-electron chi connectivity index (χ0n) is 15.9. The summed E-state index contributed by atoms with van der Waals surface area (Å²) in [5.74, 6) is 0.256. The number of benzene rings is 2. The standard InChI is InChI=1S/C23H27NOS/c1-4-5-11-21(25)17-13-14-23-20(16-17)18(10-8-15-24(2)3)19-9-6-7-12-22(19)26-23/h6-7,9-10,12-14,16H,4-5,8,11,15H2,1-3H3/b18-10-. The molecule has 0 N–H and O–H groups in total. The highest BCUT2D eigenvalue weighted by Crippen LogP contribution is 2.45. The SMILES string of the molecule is CCCCC(=O)c1ccc2c(c1)/C(=C\CCN(C)C)c1ccccc1S2. The zero-order chi connectivity index (χ0) is 18.5. The molecule has 2 aromatic carbocycles. The fourth-order valence-electron chi connectivity index (χ4n) is 3.21. The Kier molecular flexibility index (Phi) is 6.33. The molecule has 26 heavy (non-hydrogen) atoms. The zero-order valence-corrected chi connectivity index (χ0v) is 16.7. The van der Waals surface area contributed by atoms with Gasteiger partial charge in [0, 0.05) is 28.3 Å². The number of rotatable bonds is 7. The summed E-state index contributed by atoms with van der Waals surface area (Å²) in [7, 11) is 4.20. The summed E-state index contributed by atoms with van der Waals surface area (Å²) >= 11 is 1.80. The molecule has 0 aromatic heterocycles. The minimum absolute atomic E-state index is 0.256. The van der Waals surface area contributed by atoms with Gasteiger partial charge in [-0.2, -0.15) is 0 Å². The van der Waals surface area contributed by atoms with Crippen LogP contribution in [0.1, 0.15) is 54.1 Å². The van der Waals surface area contributed by atoms with Crippen LogP contribution in [0.15, 0.2) is 58.3 Å². The van der Waals surface area contributed by atoms with Crippen molar-refractivity contribution in [2.45, 2.75) is 42.4 Å². The topological polar surface area (TPSA) is 20.3 Å². The van der Waals surface area contributed by atoms with Crippen LogP contribution in [0, 0.1) is 0 Å². The largest absolute Gasteiger partial charge is 0.309 e. The van der Waals surface area contributed by atoms with Crippen molar-refractivity contribution in [3.8, 4) is 0 Å². The van der Waals surface area contributed by atoms with Gasteiger partial charge in [0.2, 0.25) is 0 Å². The smallest absolute Gasteiger partial charge is 0.162 e. The second-order valence-corrected chi connectivity index (χ2v) is 8.13. The average Bonchev–Trinajstić information content (AvgIpc) is 2.65. The van der Waals surface area contributed by atoms with Crippen molar-refractivity contribution in [2.24, 2.45) is 0 Å². The number of ketones is 1. The van der Waals surface area contributed by atoms with Gasteiger partial charge in [-0.25, -0.2) is 0 Å². The van der Waals surface area contributed by atoms with E-state index in [4.69, 9.17) is 0 Å². The van der Waals surface area contributed by atoms with Crippen LogP contribution in [0.25, 0.3) is 5.57 Å². The van der Waals surface area contributed by atoms with E-state index in [0.717, 1.165) is 31.4 Å². The molecule has 3 heteroatoms. The van der Waals surface area contributed by atoms with E-state index in [2.05, 4.69) is 68.4 Å². The van der Waals surface area contributed by atoms with Gasteiger partial charge in [0.05, 0.1) is 0 Å². The van der Waals surface area contributed by atoms with Gasteiger partial charge in [-0.05, 0) is 61.8 Å². The van der Waals surface area contributed by atoms with E-state index < -0.39 is 0 Å². The first-order chi connectivity index (χ1) is 12.6. The highest BCUT2D eigenvalue weighted by Gasteiger charge is 2.21. The molecule has 136 valence electrons. The summed E-state index contributed by atoms with van der Waals surface area (Å²) in [5.41, 5.74) is 4.59. The van der Waals surface area contributed by atoms with Crippen molar-refractivity contribution in [1.82, 2.24) is 4.90 Å². The first-order valence-corrected chi connectivity index (χ1v) is 10.2. The lowest BCUT2D eigenvalue weighted by Crippen LogP contribution is -2.12. The van der Waals surface area contributed by atoms with Crippen molar-refractivity contribution >= 4 is 23.1 Å². The molecular weight excluding hydrogens is 338 g/mol. The van der Waals surface area contributed by atoms with Gasteiger partial charge in [0.1, 0.15) is 0 Å². The molecule has 0 atom stereocenters. The Balaban J connectivity index is 1.99. The number of nitrogens with zero attached hydrogens (tertiary/aromatic N) is 1. The maximum absolute atomic E-state index is 12.5. The molecule has 2 aromatic rings. The maximum Gasteiger partial charge on any atom is 0.162 e. The fraction of sp³-hybridized carbons (Fsp3) is 0.348. The van der Waals surface area contributed by atoms with E-state index in [-0.39, 0.29) is 5.78 Å². The summed E-state index contributed by atoms with van der Waals surface area (Å²) in [6.45, 7) is 3.14. The van der Waals surface area contributed by atoms with E-state index >= 15 is 0 Å². The Labute approximate surface area is 161 Å². The molecule has 3 rings (SSSR count). The van der Waals surface area contributed by atoms with Gasteiger partial charge in [-0.3, -0.25) is 4.79 Å². The molecule has 0 spiro atoms. The Morgan fingerprint density at radius 1 is 1.08 bits per heavy atom. The van der Waals surface area contributed by atoms with Crippen molar-refractivity contribution in [3.63, 3.8) is 0 Å². The van der Waals surface area contributed by atoms with Crippen LogP contribution in [0.5, 0.6) is 0 Å². The van der Waals surface area contributed by atoms with Gasteiger partial charge in [-0.15, -0.1) is 0 Å². The lowest BCUT2D eigenvalue weighted by molar-refractivity contribution is 0.0979. The predicted molar refractivity (Wildman–Crippen MR) is 111 cm³/mol. The van der Waals surface area contributed by atoms with E-state index in [1.165, 1.54) is 26.5 Å². The van der Waals surface area contributed by atoms with Crippen molar-refractivity contribution in [3.05, 3.63) is 65.2 Å². The average molecular weight is 366 g/mol. The highest BCUT2D eigenvalue weighted by atomic mass is 32.2. The molecule has 1 aliphatic heterocycles. The number of carbonyl (C=O) groups is 1. The number of fused-ring (bicyclic) bond motifs is 2. The van der Waals surface area contributed by atoms with Gasteiger partial charge in [-0.1, -0.05) is 55.4 Å². The minimum atomic E-state index is 0.256. The van der Waals surface area contributed by atoms with Gasteiger partial charge in [0.25, 0.3) is 0 Å². The van der Waals surface area contributed by atoms with Crippen molar-refractivity contribution < 1.29 is 4.79 Å². The fourth-order valence-corrected chi connectivity index (χ4v) is 4.30. The third-order valence-corrected chi connectivity index (χ3v) is 5.82. The van der Waals surface area contributed by atoms with E-state index in [1.54, 1.807) is 11.8 Å². The molecule has 0 amide bonds. The molecule has 0 fully saturated rings. The Bertz CT molecular complexity index is 823. The monoisotopic (exact) mass is 365 g/mol. The van der Waals surface area contributed by atoms with Crippen LogP contribution < -0.4 is 0 Å². The third kappa shape index (κ3) is 4.28. The lowest BCUT2D eigenvalue weighted by atomic mass is 9.93. The van der Waals surface area contributed by atoms with Crippen LogP contribution in [0.2, 0.25) is 0 Å². The molecule has 1 aliphatic rings. The Hall–Kier alpha value is -1.84. The first-order valence-electron chi connectivity index (χ1n) is 9.40. The van der Waals surface area contributed by atoms with E-state index in [0.29, 0.717) is 6.42 Å². The number of Topliss-reactive ketones (excluding diaryl/α,β-unsaturated/α-hetero) is 1. The lowest BCUT2D eigenvalue weighted by Gasteiger charge is -2.23. The Morgan fingerprint density at radius 3 is 2.62 bits per heavy atom. The first kappa shape index (κ1) is 18.9. The van der Waals surface area contributed by atoms with Gasteiger partial charge >= 0.3 is 0 Å². The van der Waals surface area contributed by atoms with Crippen molar-refractivity contribution in [1.29, 1.82) is 0 Å². The molecule has 0 unspecified atom stereocenters. The number of unbranched alkanes of at least 4 members (excludes halogenated alkanes) is 1. The van der Waals surface area contributed by atoms with E-state index in [1.807, 2.05) is 6.07 Å². The van der Waals surface area contributed by atoms with Crippen LogP contribution in [0.3, 0.4) is 0 Å².